The molecular weight excluding hydrogens is 698 g/mol. The van der Waals surface area contributed by atoms with Crippen molar-refractivity contribution in [1.82, 2.24) is 20.2 Å². The molecule has 0 radical (unpaired) electrons. The predicted octanol–water partition coefficient (Wildman–Crippen LogP) is 7.16. The van der Waals surface area contributed by atoms with Crippen LogP contribution in [-0.4, -0.2) is 55.6 Å². The Labute approximate surface area is 275 Å². The van der Waals surface area contributed by atoms with Crippen molar-refractivity contribution in [2.24, 2.45) is 18.9 Å². The summed E-state index contributed by atoms with van der Waals surface area (Å²) in [6.45, 7) is 1.59. The van der Waals surface area contributed by atoms with Gasteiger partial charge in [0.2, 0.25) is 0 Å². The first kappa shape index (κ1) is 38.2. The zero-order valence-electron chi connectivity index (χ0n) is 26.2. The number of alkyl halides is 9. The Balaban J connectivity index is 1.71. The lowest BCUT2D eigenvalue weighted by atomic mass is 9.82. The van der Waals surface area contributed by atoms with Crippen LogP contribution in [0.1, 0.15) is 54.9 Å². The fourth-order valence-corrected chi connectivity index (χ4v) is 7.01. The highest BCUT2D eigenvalue weighted by Crippen LogP contribution is 2.43. The van der Waals surface area contributed by atoms with Gasteiger partial charge >= 0.3 is 26.3 Å². The van der Waals surface area contributed by atoms with Crippen molar-refractivity contribution in [2.45, 2.75) is 64.4 Å². The van der Waals surface area contributed by atoms with E-state index in [9.17, 15) is 53.9 Å². The molecule has 49 heavy (non-hydrogen) atoms. The number of halogens is 9. The van der Waals surface area contributed by atoms with Crippen LogP contribution in [0, 0.1) is 11.8 Å². The van der Waals surface area contributed by atoms with E-state index in [1.807, 2.05) is 4.90 Å². The Morgan fingerprint density at radius 2 is 1.47 bits per heavy atom. The molecule has 10 nitrogen and oxygen atoms in total. The molecule has 3 aromatic rings. The van der Waals surface area contributed by atoms with Gasteiger partial charge in [0.1, 0.15) is 5.75 Å². The van der Waals surface area contributed by atoms with Crippen LogP contribution in [0.15, 0.2) is 36.4 Å². The third kappa shape index (κ3) is 11.2. The molecular formula is C29H34F9N6O4P. The first-order chi connectivity index (χ1) is 22.6. The average molecular weight is 733 g/mol. The minimum absolute atomic E-state index is 0.0106. The van der Waals surface area contributed by atoms with E-state index < -0.39 is 55.3 Å². The lowest BCUT2D eigenvalue weighted by molar-refractivity contribution is -0.274. The van der Waals surface area contributed by atoms with E-state index in [2.05, 4.69) is 20.1 Å². The highest BCUT2D eigenvalue weighted by atomic mass is 31.2. The third-order valence-electron chi connectivity index (χ3n) is 8.11. The second-order valence-corrected chi connectivity index (χ2v) is 13.7. The van der Waals surface area contributed by atoms with Crippen molar-refractivity contribution in [1.29, 1.82) is 0 Å². The summed E-state index contributed by atoms with van der Waals surface area (Å²) in [4.78, 5) is 22.8. The quantitative estimate of drug-likeness (QED) is 0.148. The number of nitrogens with zero attached hydrogens (tertiary/aromatic N) is 6. The number of rotatable bonds is 12. The van der Waals surface area contributed by atoms with E-state index in [-0.39, 0.29) is 42.1 Å². The van der Waals surface area contributed by atoms with Crippen LogP contribution in [0.5, 0.6) is 5.75 Å². The molecule has 20 heteroatoms. The fraction of sp³-hybridized carbons (Fsp3) is 0.552. The van der Waals surface area contributed by atoms with Gasteiger partial charge in [-0.2, -0.15) is 31.1 Å². The fourth-order valence-electron chi connectivity index (χ4n) is 5.97. The van der Waals surface area contributed by atoms with E-state index in [4.69, 9.17) is 0 Å². The van der Waals surface area contributed by atoms with E-state index in [0.29, 0.717) is 56.6 Å². The largest absolute Gasteiger partial charge is 0.573 e. The van der Waals surface area contributed by atoms with Crippen molar-refractivity contribution in [3.05, 3.63) is 58.7 Å². The van der Waals surface area contributed by atoms with Gasteiger partial charge in [-0.25, -0.2) is 0 Å². The molecule has 0 unspecified atom stereocenters. The monoisotopic (exact) mass is 732 g/mol. The molecule has 1 heterocycles. The Hall–Kier alpha value is -3.57. The molecule has 1 aliphatic carbocycles. The standard InChI is InChI=1S/C29H34F9N6O4P/c1-3-43(14-18-4-6-19(7-5-18)17-49(45,46)47)25-9-8-24(48-29(36,37)38)12-21(25)16-44(26-39-41-42(2)40-26)15-20-10-22(27(30,31)32)13-23(11-20)28(33,34)35/h8-13,18-19H,3-7,14-17H2,1-2H3,(H2,45,46,47)/t18-,19-. The molecule has 0 amide bonds. The van der Waals surface area contributed by atoms with Crippen molar-refractivity contribution in [3.63, 3.8) is 0 Å². The zero-order chi connectivity index (χ0) is 36.4. The third-order valence-corrected chi connectivity index (χ3v) is 9.10. The smallest absolute Gasteiger partial charge is 0.406 e. The summed E-state index contributed by atoms with van der Waals surface area (Å²) in [6, 6.07) is 4.64. The number of hydrogen-bond donors (Lipinski definition) is 2. The first-order valence-corrected chi connectivity index (χ1v) is 16.8. The summed E-state index contributed by atoms with van der Waals surface area (Å²) in [5.74, 6) is -0.905. The second kappa shape index (κ2) is 14.7. The number of benzene rings is 2. The summed E-state index contributed by atoms with van der Waals surface area (Å²) in [5, 5.41) is 11.6. The van der Waals surface area contributed by atoms with Gasteiger partial charge in [0.05, 0.1) is 24.3 Å². The molecule has 2 N–H and O–H groups in total. The van der Waals surface area contributed by atoms with Crippen molar-refractivity contribution in [2.75, 3.05) is 29.1 Å². The summed E-state index contributed by atoms with van der Waals surface area (Å²) in [7, 11) is -2.81. The minimum Gasteiger partial charge on any atom is -0.406 e. The second-order valence-electron chi connectivity index (χ2n) is 12.0. The lowest BCUT2D eigenvalue weighted by Gasteiger charge is -2.35. The van der Waals surface area contributed by atoms with Crippen LogP contribution in [0.2, 0.25) is 0 Å². The SMILES string of the molecule is CCN(C[C@H]1CC[C@H](CP(=O)(O)O)CC1)c1ccc(OC(F)(F)F)cc1CN(Cc1cc(C(F)(F)F)cc(C(F)(F)F)c1)c1nnn(C)n1. The molecule has 2 aromatic carbocycles. The van der Waals surface area contributed by atoms with Crippen molar-refractivity contribution in [3.8, 4) is 5.75 Å². The maximum Gasteiger partial charge on any atom is 0.573 e. The van der Waals surface area contributed by atoms with Crippen LogP contribution in [0.25, 0.3) is 0 Å². The zero-order valence-corrected chi connectivity index (χ0v) is 27.1. The average Bonchev–Trinajstić information content (AvgIpc) is 3.40. The molecule has 0 bridgehead atoms. The van der Waals surface area contributed by atoms with E-state index >= 15 is 0 Å². The molecule has 1 aromatic heterocycles. The highest BCUT2D eigenvalue weighted by Gasteiger charge is 2.37. The summed E-state index contributed by atoms with van der Waals surface area (Å²) in [6.07, 6.45) is -13.1. The first-order valence-electron chi connectivity index (χ1n) is 15.0. The highest BCUT2D eigenvalue weighted by molar-refractivity contribution is 7.51. The Morgan fingerprint density at radius 3 is 1.96 bits per heavy atom. The molecule has 4 rings (SSSR count). The molecule has 1 saturated carbocycles. The van der Waals surface area contributed by atoms with Crippen LogP contribution in [0.3, 0.4) is 0 Å². The van der Waals surface area contributed by atoms with Gasteiger partial charge < -0.3 is 24.3 Å². The van der Waals surface area contributed by atoms with Gasteiger partial charge in [0, 0.05) is 31.9 Å². The van der Waals surface area contributed by atoms with Gasteiger partial charge in [-0.15, -0.1) is 18.3 Å². The number of aryl methyl sites for hydroxylation is 1. The van der Waals surface area contributed by atoms with Crippen LogP contribution >= 0.6 is 7.60 Å². The topological polar surface area (TPSA) is 117 Å². The van der Waals surface area contributed by atoms with Crippen molar-refractivity contribution < 1.29 is 58.6 Å². The molecule has 272 valence electrons. The number of anilines is 2. The summed E-state index contributed by atoms with van der Waals surface area (Å²) >= 11 is 0. The Morgan fingerprint density at radius 1 is 0.878 bits per heavy atom. The molecule has 1 aliphatic rings. The van der Waals surface area contributed by atoms with E-state index in [1.54, 1.807) is 6.92 Å². The van der Waals surface area contributed by atoms with E-state index in [0.717, 1.165) is 16.9 Å². The minimum atomic E-state index is -5.11. The van der Waals surface area contributed by atoms with Gasteiger partial charge in [-0.05, 0) is 97.2 Å². The number of tetrazole rings is 1. The Kier molecular flexibility index (Phi) is 11.5. The molecule has 0 atom stereocenters. The molecule has 0 aliphatic heterocycles. The molecule has 1 fully saturated rings. The number of hydrogen-bond acceptors (Lipinski definition) is 7. The van der Waals surface area contributed by atoms with Crippen LogP contribution in [-0.2, 0) is 37.1 Å². The Bertz CT molecular complexity index is 1590. The molecule has 0 saturated heterocycles. The van der Waals surface area contributed by atoms with Gasteiger partial charge in [0.15, 0.2) is 0 Å². The van der Waals surface area contributed by atoms with Crippen molar-refractivity contribution >= 4 is 19.2 Å². The summed E-state index contributed by atoms with van der Waals surface area (Å²) < 4.78 is 137. The maximum atomic E-state index is 13.6. The molecule has 0 spiro atoms. The maximum absolute atomic E-state index is 13.6. The number of aromatic nitrogens is 4. The normalized spacial score (nSPS) is 17.7. The van der Waals surface area contributed by atoms with Crippen LogP contribution in [0.4, 0.5) is 51.1 Å². The van der Waals surface area contributed by atoms with Gasteiger partial charge in [0.25, 0.3) is 5.95 Å². The summed E-state index contributed by atoms with van der Waals surface area (Å²) in [5.41, 5.74) is -2.91. The lowest BCUT2D eigenvalue weighted by Crippen LogP contribution is -2.33. The van der Waals surface area contributed by atoms with Gasteiger partial charge in [-0.3, -0.25) is 4.57 Å². The van der Waals surface area contributed by atoms with Crippen LogP contribution < -0.4 is 14.5 Å². The van der Waals surface area contributed by atoms with E-state index in [1.165, 1.54) is 18.0 Å². The number of ether oxygens (including phenoxy) is 1. The van der Waals surface area contributed by atoms with Gasteiger partial charge in [-0.1, -0.05) is 5.10 Å². The predicted molar refractivity (Wildman–Crippen MR) is 159 cm³/mol.